The highest BCUT2D eigenvalue weighted by atomic mass is 35.5. The summed E-state index contributed by atoms with van der Waals surface area (Å²) in [6, 6.07) is 16.8. The average molecular weight is 639 g/mol. The van der Waals surface area contributed by atoms with Gasteiger partial charge >= 0.3 is 0 Å². The SMILES string of the molecule is CC[C@@H](C(=O)NC(C)(C)C)N(Cc1ccc(Cl)c(Cl)c1)C(=O)CN(c1cccc(Cl)c1C)S(=O)(=O)c1ccccc1. The molecule has 0 saturated heterocycles. The van der Waals surface area contributed by atoms with Crippen molar-refractivity contribution in [3.05, 3.63) is 92.9 Å². The van der Waals surface area contributed by atoms with E-state index in [1.165, 1.54) is 17.0 Å². The van der Waals surface area contributed by atoms with Gasteiger partial charge in [-0.1, -0.05) is 72.1 Å². The Kier molecular flexibility index (Phi) is 10.7. The van der Waals surface area contributed by atoms with Crippen LogP contribution in [0.25, 0.3) is 0 Å². The maximum absolute atomic E-state index is 14.2. The van der Waals surface area contributed by atoms with Crippen molar-refractivity contribution in [2.75, 3.05) is 10.8 Å². The summed E-state index contributed by atoms with van der Waals surface area (Å²) in [6.45, 7) is 8.45. The highest BCUT2D eigenvalue weighted by molar-refractivity contribution is 7.92. The van der Waals surface area contributed by atoms with E-state index in [1.54, 1.807) is 68.4 Å². The number of benzene rings is 3. The molecule has 1 N–H and O–H groups in total. The van der Waals surface area contributed by atoms with Crippen molar-refractivity contribution in [3.63, 3.8) is 0 Å². The van der Waals surface area contributed by atoms with Crippen LogP contribution in [0, 0.1) is 6.92 Å². The zero-order valence-electron chi connectivity index (χ0n) is 23.6. The Morgan fingerprint density at radius 1 is 0.902 bits per heavy atom. The second kappa shape index (κ2) is 13.5. The van der Waals surface area contributed by atoms with Gasteiger partial charge in [0.05, 0.1) is 20.6 Å². The summed E-state index contributed by atoms with van der Waals surface area (Å²) in [5, 5.41) is 3.94. The molecule has 11 heteroatoms. The van der Waals surface area contributed by atoms with Crippen molar-refractivity contribution in [2.45, 2.75) is 64.1 Å². The van der Waals surface area contributed by atoms with Crippen LogP contribution in [-0.2, 0) is 26.2 Å². The molecular formula is C30H34Cl3N3O4S. The van der Waals surface area contributed by atoms with Crippen molar-refractivity contribution in [1.82, 2.24) is 10.2 Å². The molecule has 7 nitrogen and oxygen atoms in total. The van der Waals surface area contributed by atoms with Crippen LogP contribution in [0.5, 0.6) is 0 Å². The predicted octanol–water partition coefficient (Wildman–Crippen LogP) is 6.87. The summed E-state index contributed by atoms with van der Waals surface area (Å²) >= 11 is 18.7. The van der Waals surface area contributed by atoms with Crippen molar-refractivity contribution < 1.29 is 18.0 Å². The third kappa shape index (κ3) is 8.16. The molecule has 0 aliphatic carbocycles. The Balaban J connectivity index is 2.12. The number of nitrogens with one attached hydrogen (secondary N) is 1. The van der Waals surface area contributed by atoms with E-state index in [9.17, 15) is 18.0 Å². The van der Waals surface area contributed by atoms with E-state index >= 15 is 0 Å². The number of hydrogen-bond acceptors (Lipinski definition) is 4. The molecule has 0 aliphatic heterocycles. The molecule has 0 aliphatic rings. The van der Waals surface area contributed by atoms with Gasteiger partial charge in [0, 0.05) is 17.1 Å². The monoisotopic (exact) mass is 637 g/mol. The van der Waals surface area contributed by atoms with Gasteiger partial charge < -0.3 is 10.2 Å². The van der Waals surface area contributed by atoms with E-state index in [2.05, 4.69) is 5.32 Å². The number of rotatable bonds is 10. The topological polar surface area (TPSA) is 86.8 Å². The van der Waals surface area contributed by atoms with E-state index in [0.717, 1.165) is 4.31 Å². The van der Waals surface area contributed by atoms with E-state index in [0.29, 0.717) is 26.2 Å². The fraction of sp³-hybridized carbons (Fsp3) is 0.333. The highest BCUT2D eigenvalue weighted by Gasteiger charge is 2.35. The number of hydrogen-bond donors (Lipinski definition) is 1. The van der Waals surface area contributed by atoms with Crippen molar-refractivity contribution in [2.24, 2.45) is 0 Å². The summed E-state index contributed by atoms with van der Waals surface area (Å²) in [5.41, 5.74) is 0.834. The molecule has 41 heavy (non-hydrogen) atoms. The van der Waals surface area contributed by atoms with Crippen LogP contribution in [-0.4, -0.2) is 43.3 Å². The lowest BCUT2D eigenvalue weighted by Crippen LogP contribution is -2.55. The lowest BCUT2D eigenvalue weighted by molar-refractivity contribution is -0.141. The minimum absolute atomic E-state index is 0.000452. The first-order chi connectivity index (χ1) is 19.2. The van der Waals surface area contributed by atoms with Gasteiger partial charge in [0.15, 0.2) is 0 Å². The van der Waals surface area contributed by atoms with Gasteiger partial charge in [-0.3, -0.25) is 13.9 Å². The van der Waals surface area contributed by atoms with E-state index < -0.39 is 34.1 Å². The lowest BCUT2D eigenvalue weighted by atomic mass is 10.1. The zero-order chi connectivity index (χ0) is 30.5. The van der Waals surface area contributed by atoms with E-state index in [4.69, 9.17) is 34.8 Å². The second-order valence-corrected chi connectivity index (χ2v) is 13.7. The Morgan fingerprint density at radius 3 is 2.15 bits per heavy atom. The molecule has 2 amide bonds. The number of halogens is 3. The molecule has 0 unspecified atom stereocenters. The molecule has 3 aromatic carbocycles. The summed E-state index contributed by atoms with van der Waals surface area (Å²) in [5.74, 6) is -0.935. The van der Waals surface area contributed by atoms with Gasteiger partial charge in [-0.25, -0.2) is 8.42 Å². The van der Waals surface area contributed by atoms with Gasteiger partial charge in [-0.05, 0) is 81.6 Å². The first-order valence-corrected chi connectivity index (χ1v) is 15.6. The molecule has 0 heterocycles. The summed E-state index contributed by atoms with van der Waals surface area (Å²) in [7, 11) is -4.20. The van der Waals surface area contributed by atoms with Crippen LogP contribution >= 0.6 is 34.8 Å². The molecule has 0 bridgehead atoms. The van der Waals surface area contributed by atoms with Crippen LogP contribution in [0.1, 0.15) is 45.2 Å². The molecule has 3 rings (SSSR count). The average Bonchev–Trinajstić information content (AvgIpc) is 2.90. The first kappa shape index (κ1) is 32.7. The molecule has 0 fully saturated rings. The Morgan fingerprint density at radius 2 is 1.56 bits per heavy atom. The third-order valence-electron chi connectivity index (χ3n) is 6.34. The van der Waals surface area contributed by atoms with Gasteiger partial charge in [-0.2, -0.15) is 0 Å². The molecule has 0 saturated carbocycles. The largest absolute Gasteiger partial charge is 0.350 e. The number of sulfonamides is 1. The number of nitrogens with zero attached hydrogens (tertiary/aromatic N) is 2. The number of carbonyl (C=O) groups is 2. The molecular weight excluding hydrogens is 605 g/mol. The maximum Gasteiger partial charge on any atom is 0.264 e. The van der Waals surface area contributed by atoms with Crippen LogP contribution < -0.4 is 9.62 Å². The van der Waals surface area contributed by atoms with Crippen LogP contribution in [0.4, 0.5) is 5.69 Å². The minimum Gasteiger partial charge on any atom is -0.350 e. The summed E-state index contributed by atoms with van der Waals surface area (Å²) in [4.78, 5) is 29.0. The van der Waals surface area contributed by atoms with Gasteiger partial charge in [0.2, 0.25) is 11.8 Å². The highest BCUT2D eigenvalue weighted by Crippen LogP contribution is 2.31. The van der Waals surface area contributed by atoms with E-state index in [1.807, 2.05) is 20.8 Å². The molecule has 220 valence electrons. The molecule has 0 radical (unpaired) electrons. The number of anilines is 1. The fourth-order valence-corrected chi connectivity index (χ4v) is 6.29. The summed E-state index contributed by atoms with van der Waals surface area (Å²) < 4.78 is 29.0. The standard InChI is InChI=1S/C30H34Cl3N3O4S/c1-6-26(29(38)34-30(3,4)5)35(18-21-15-16-24(32)25(33)17-21)28(37)19-36(27-14-10-13-23(31)20(27)2)41(39,40)22-11-8-7-9-12-22/h7-17,26H,6,18-19H2,1-5H3,(H,34,38)/t26-/m0/s1. The van der Waals surface area contributed by atoms with Crippen molar-refractivity contribution in [3.8, 4) is 0 Å². The quantitative estimate of drug-likeness (QED) is 0.263. The van der Waals surface area contributed by atoms with Crippen LogP contribution in [0.15, 0.2) is 71.6 Å². The smallest absolute Gasteiger partial charge is 0.264 e. The predicted molar refractivity (Wildman–Crippen MR) is 166 cm³/mol. The maximum atomic E-state index is 14.2. The lowest BCUT2D eigenvalue weighted by Gasteiger charge is -2.35. The Bertz CT molecular complexity index is 1510. The van der Waals surface area contributed by atoms with E-state index in [-0.39, 0.29) is 29.5 Å². The molecule has 0 spiro atoms. The molecule has 0 aromatic heterocycles. The Hall–Kier alpha value is -2.78. The normalized spacial score (nSPS) is 12.5. The molecule has 3 aromatic rings. The Labute approximate surface area is 257 Å². The molecule has 1 atom stereocenters. The van der Waals surface area contributed by atoms with Crippen molar-refractivity contribution in [1.29, 1.82) is 0 Å². The number of amides is 2. The van der Waals surface area contributed by atoms with Crippen molar-refractivity contribution >= 4 is 62.3 Å². The van der Waals surface area contributed by atoms with Gasteiger partial charge in [-0.15, -0.1) is 0 Å². The summed E-state index contributed by atoms with van der Waals surface area (Å²) in [6.07, 6.45) is 0.288. The van der Waals surface area contributed by atoms with Crippen LogP contribution in [0.3, 0.4) is 0 Å². The zero-order valence-corrected chi connectivity index (χ0v) is 26.7. The number of carbonyl (C=O) groups excluding carboxylic acids is 2. The minimum atomic E-state index is -4.20. The first-order valence-electron chi connectivity index (χ1n) is 13.0. The van der Waals surface area contributed by atoms with Gasteiger partial charge in [0.1, 0.15) is 12.6 Å². The van der Waals surface area contributed by atoms with Gasteiger partial charge in [0.25, 0.3) is 10.0 Å². The fourth-order valence-electron chi connectivity index (χ4n) is 4.31. The van der Waals surface area contributed by atoms with Crippen LogP contribution in [0.2, 0.25) is 15.1 Å². The second-order valence-electron chi connectivity index (χ2n) is 10.6. The third-order valence-corrected chi connectivity index (χ3v) is 9.26.